The third-order valence-corrected chi connectivity index (χ3v) is 2.01. The molecule has 9 heteroatoms. The van der Waals surface area contributed by atoms with Crippen molar-refractivity contribution in [2.75, 3.05) is 0 Å². The Morgan fingerprint density at radius 2 is 1.73 bits per heavy atom. The van der Waals surface area contributed by atoms with E-state index >= 15 is 0 Å². The van der Waals surface area contributed by atoms with Crippen LogP contribution in [0.25, 0.3) is 0 Å². The van der Waals surface area contributed by atoms with Crippen LogP contribution in [-0.2, 0) is 19.4 Å². The Hall–Kier alpha value is -0.580. The van der Waals surface area contributed by atoms with Crippen LogP contribution in [0.15, 0.2) is 0 Å². The standard InChI is InChI=1S/C6H12O8S/c1-3(8)5(10)6(4(9)2-7)14-15(11,12)13/h2-6,8-10H,1H3,(H,11,12,13). The molecule has 0 saturated heterocycles. The molecule has 4 unspecified atom stereocenters. The molecule has 8 nitrogen and oxygen atoms in total. The monoisotopic (exact) mass is 244 g/mol. The number of hydrogen-bond donors (Lipinski definition) is 4. The molecule has 4 N–H and O–H groups in total. The Bertz CT molecular complexity index is 296. The number of rotatable bonds is 6. The van der Waals surface area contributed by atoms with E-state index in [4.69, 9.17) is 14.8 Å². The van der Waals surface area contributed by atoms with E-state index < -0.39 is 34.8 Å². The molecule has 0 heterocycles. The molecule has 0 aliphatic rings. The normalized spacial score (nSPS) is 20.3. The van der Waals surface area contributed by atoms with Gasteiger partial charge in [-0.15, -0.1) is 0 Å². The summed E-state index contributed by atoms with van der Waals surface area (Å²) in [5, 5.41) is 27.0. The zero-order valence-corrected chi connectivity index (χ0v) is 8.53. The van der Waals surface area contributed by atoms with Crippen LogP contribution >= 0.6 is 0 Å². The summed E-state index contributed by atoms with van der Waals surface area (Å²) < 4.78 is 32.7. The lowest BCUT2D eigenvalue weighted by atomic mass is 10.1. The first-order valence-electron chi connectivity index (χ1n) is 3.84. The van der Waals surface area contributed by atoms with E-state index in [0.29, 0.717) is 0 Å². The van der Waals surface area contributed by atoms with Crippen LogP contribution in [-0.4, -0.2) is 59.0 Å². The van der Waals surface area contributed by atoms with Crippen molar-refractivity contribution in [3.63, 3.8) is 0 Å². The van der Waals surface area contributed by atoms with Crippen LogP contribution in [0.5, 0.6) is 0 Å². The van der Waals surface area contributed by atoms with Crippen molar-refractivity contribution in [3.05, 3.63) is 0 Å². The van der Waals surface area contributed by atoms with Gasteiger partial charge >= 0.3 is 10.4 Å². The second kappa shape index (κ2) is 5.49. The highest BCUT2D eigenvalue weighted by molar-refractivity contribution is 7.80. The van der Waals surface area contributed by atoms with Crippen molar-refractivity contribution in [2.45, 2.75) is 31.3 Å². The lowest BCUT2D eigenvalue weighted by Gasteiger charge is -2.24. The van der Waals surface area contributed by atoms with Gasteiger partial charge in [0.25, 0.3) is 0 Å². The number of aldehydes is 1. The lowest BCUT2D eigenvalue weighted by Crippen LogP contribution is -2.46. The van der Waals surface area contributed by atoms with E-state index in [0.717, 1.165) is 6.92 Å². The number of carbonyl (C=O) groups is 1. The van der Waals surface area contributed by atoms with Gasteiger partial charge < -0.3 is 20.1 Å². The fourth-order valence-corrected chi connectivity index (χ4v) is 1.32. The molecule has 0 saturated carbocycles. The molecule has 0 fully saturated rings. The van der Waals surface area contributed by atoms with E-state index in [2.05, 4.69) is 4.18 Å². The summed E-state index contributed by atoms with van der Waals surface area (Å²) in [7, 11) is -4.95. The van der Waals surface area contributed by atoms with Gasteiger partial charge in [-0.05, 0) is 6.92 Å². The molecule has 4 atom stereocenters. The van der Waals surface area contributed by atoms with E-state index in [1.807, 2.05) is 0 Å². The van der Waals surface area contributed by atoms with Gasteiger partial charge in [0.15, 0.2) is 6.29 Å². The van der Waals surface area contributed by atoms with Crippen LogP contribution in [0.1, 0.15) is 6.92 Å². The van der Waals surface area contributed by atoms with Gasteiger partial charge in [0.2, 0.25) is 0 Å². The summed E-state index contributed by atoms with van der Waals surface area (Å²) in [5.41, 5.74) is 0. The highest BCUT2D eigenvalue weighted by Crippen LogP contribution is 2.10. The average molecular weight is 244 g/mol. The van der Waals surface area contributed by atoms with Crippen molar-refractivity contribution in [1.29, 1.82) is 0 Å². The number of carbonyl (C=O) groups excluding carboxylic acids is 1. The minimum absolute atomic E-state index is 0.0958. The molecular formula is C6H12O8S. The smallest absolute Gasteiger partial charge is 0.391 e. The maximum atomic E-state index is 10.3. The Labute approximate surface area is 86.1 Å². The van der Waals surface area contributed by atoms with Gasteiger partial charge in [0, 0.05) is 0 Å². The lowest BCUT2D eigenvalue weighted by molar-refractivity contribution is -0.128. The van der Waals surface area contributed by atoms with E-state index in [1.54, 1.807) is 0 Å². The number of aliphatic hydroxyl groups excluding tert-OH is 3. The van der Waals surface area contributed by atoms with Crippen LogP contribution < -0.4 is 0 Å². The summed E-state index contributed by atoms with van der Waals surface area (Å²) in [6, 6.07) is 0. The van der Waals surface area contributed by atoms with Crippen molar-refractivity contribution < 1.29 is 37.3 Å². The van der Waals surface area contributed by atoms with Crippen LogP contribution in [0.4, 0.5) is 0 Å². The van der Waals surface area contributed by atoms with Gasteiger partial charge in [-0.1, -0.05) is 0 Å². The molecule has 0 amide bonds. The molecule has 0 radical (unpaired) electrons. The maximum absolute atomic E-state index is 10.3. The van der Waals surface area contributed by atoms with Crippen LogP contribution in [0.3, 0.4) is 0 Å². The van der Waals surface area contributed by atoms with Gasteiger partial charge in [-0.3, -0.25) is 4.55 Å². The average Bonchev–Trinajstić information content (AvgIpc) is 2.10. The van der Waals surface area contributed by atoms with Crippen molar-refractivity contribution >= 4 is 16.7 Å². The third-order valence-electron chi connectivity index (χ3n) is 1.54. The topological polar surface area (TPSA) is 141 Å². The molecule has 0 aromatic heterocycles. The summed E-state index contributed by atoms with van der Waals surface area (Å²) in [6.45, 7) is 1.09. The van der Waals surface area contributed by atoms with Gasteiger partial charge in [-0.25, -0.2) is 4.18 Å². The first-order valence-corrected chi connectivity index (χ1v) is 5.20. The predicted octanol–water partition coefficient (Wildman–Crippen LogP) is -2.52. The Kier molecular flexibility index (Phi) is 5.28. The van der Waals surface area contributed by atoms with Gasteiger partial charge in [0.1, 0.15) is 18.3 Å². The molecule has 0 bridgehead atoms. The second-order valence-electron chi connectivity index (χ2n) is 2.85. The zero-order valence-electron chi connectivity index (χ0n) is 7.72. The van der Waals surface area contributed by atoms with Crippen molar-refractivity contribution in [2.24, 2.45) is 0 Å². The first-order chi connectivity index (χ1) is 6.69. The van der Waals surface area contributed by atoms with E-state index in [1.165, 1.54) is 0 Å². The van der Waals surface area contributed by atoms with Crippen molar-refractivity contribution in [3.8, 4) is 0 Å². The summed E-state index contributed by atoms with van der Waals surface area (Å²) in [4.78, 5) is 10.2. The maximum Gasteiger partial charge on any atom is 0.397 e. The summed E-state index contributed by atoms with van der Waals surface area (Å²) in [5.74, 6) is 0. The predicted molar refractivity (Wildman–Crippen MR) is 46.2 cm³/mol. The fraction of sp³-hybridized carbons (Fsp3) is 0.833. The zero-order chi connectivity index (χ0) is 12.2. The van der Waals surface area contributed by atoms with Crippen molar-refractivity contribution in [1.82, 2.24) is 0 Å². The highest BCUT2D eigenvalue weighted by atomic mass is 32.3. The van der Waals surface area contributed by atoms with E-state index in [-0.39, 0.29) is 6.29 Å². The van der Waals surface area contributed by atoms with Gasteiger partial charge in [-0.2, -0.15) is 8.42 Å². The molecule has 90 valence electrons. The summed E-state index contributed by atoms with van der Waals surface area (Å²) in [6.07, 6.45) is -7.34. The van der Waals surface area contributed by atoms with Crippen LogP contribution in [0.2, 0.25) is 0 Å². The Morgan fingerprint density at radius 1 is 1.27 bits per heavy atom. The Balaban J connectivity index is 4.81. The SMILES string of the molecule is CC(O)C(O)C(OS(=O)(=O)O)C(O)C=O. The first kappa shape index (κ1) is 14.4. The molecule has 0 aromatic carbocycles. The molecule has 0 spiro atoms. The molecule has 0 rings (SSSR count). The molecule has 0 aliphatic heterocycles. The fourth-order valence-electron chi connectivity index (χ4n) is 0.808. The molecule has 15 heavy (non-hydrogen) atoms. The Morgan fingerprint density at radius 3 is 2.00 bits per heavy atom. The largest absolute Gasteiger partial charge is 0.397 e. The molecular weight excluding hydrogens is 232 g/mol. The number of aliphatic hydroxyl groups is 3. The van der Waals surface area contributed by atoms with Crippen LogP contribution in [0, 0.1) is 0 Å². The second-order valence-corrected chi connectivity index (χ2v) is 3.89. The molecule has 0 aliphatic carbocycles. The molecule has 0 aromatic rings. The minimum Gasteiger partial charge on any atom is -0.391 e. The summed E-state index contributed by atoms with van der Waals surface area (Å²) >= 11 is 0. The quantitative estimate of drug-likeness (QED) is 0.296. The van der Waals surface area contributed by atoms with E-state index in [9.17, 15) is 18.3 Å². The number of hydrogen-bond acceptors (Lipinski definition) is 7. The minimum atomic E-state index is -4.95. The highest BCUT2D eigenvalue weighted by Gasteiger charge is 2.34. The van der Waals surface area contributed by atoms with Gasteiger partial charge in [0.05, 0.1) is 6.10 Å². The third kappa shape index (κ3) is 5.16.